The molecule has 7 heteroatoms. The number of fused-ring (bicyclic) bond motifs is 1. The number of methoxy groups -OCH3 is 1. The number of nitrogens with zero attached hydrogens (tertiary/aromatic N) is 2. The normalized spacial score (nSPS) is 11.3. The summed E-state index contributed by atoms with van der Waals surface area (Å²) in [7, 11) is 1.59. The predicted molar refractivity (Wildman–Crippen MR) is 106 cm³/mol. The van der Waals surface area contributed by atoms with Gasteiger partial charge in [0.2, 0.25) is 0 Å². The first-order valence-corrected chi connectivity index (χ1v) is 9.15. The number of benzene rings is 1. The number of esters is 1. The molecule has 0 atom stereocenters. The van der Waals surface area contributed by atoms with Crippen LogP contribution in [0.2, 0.25) is 0 Å². The van der Waals surface area contributed by atoms with Crippen LogP contribution in [0.4, 0.5) is 0 Å². The second-order valence-corrected chi connectivity index (χ2v) is 6.18. The Morgan fingerprint density at radius 3 is 2.75 bits per heavy atom. The third kappa shape index (κ3) is 4.99. The molecule has 0 aliphatic carbocycles. The van der Waals surface area contributed by atoms with Gasteiger partial charge in [0.15, 0.2) is 0 Å². The van der Waals surface area contributed by atoms with E-state index >= 15 is 0 Å². The molecule has 1 aromatic heterocycles. The highest BCUT2D eigenvalue weighted by molar-refractivity contribution is 6.04. The Morgan fingerprint density at radius 2 is 2.07 bits per heavy atom. The lowest BCUT2D eigenvalue weighted by molar-refractivity contribution is -0.143. The van der Waals surface area contributed by atoms with Gasteiger partial charge in [-0.05, 0) is 32.4 Å². The molecule has 2 rings (SSSR count). The number of nitriles is 1. The van der Waals surface area contributed by atoms with Crippen LogP contribution >= 0.6 is 0 Å². The van der Waals surface area contributed by atoms with Crippen molar-refractivity contribution in [3.05, 3.63) is 41.1 Å². The van der Waals surface area contributed by atoms with E-state index in [0.717, 1.165) is 22.2 Å². The first-order valence-electron chi connectivity index (χ1n) is 9.15. The van der Waals surface area contributed by atoms with Crippen molar-refractivity contribution >= 4 is 28.9 Å². The molecule has 1 amide bonds. The summed E-state index contributed by atoms with van der Waals surface area (Å²) in [6, 6.07) is 9.53. The Labute approximate surface area is 164 Å². The lowest BCUT2D eigenvalue weighted by Gasteiger charge is -2.08. The van der Waals surface area contributed by atoms with Crippen molar-refractivity contribution in [2.45, 2.75) is 26.8 Å². The fourth-order valence-electron chi connectivity index (χ4n) is 2.99. The minimum absolute atomic E-state index is 0.0135. The maximum Gasteiger partial charge on any atom is 0.325 e. The Kier molecular flexibility index (Phi) is 7.78. The number of hydrogen-bond acceptors (Lipinski definition) is 5. The third-order valence-corrected chi connectivity index (χ3v) is 4.34. The molecule has 0 radical (unpaired) electrons. The van der Waals surface area contributed by atoms with E-state index in [-0.39, 0.29) is 18.1 Å². The van der Waals surface area contributed by atoms with Crippen LogP contribution in [0.25, 0.3) is 17.0 Å². The summed E-state index contributed by atoms with van der Waals surface area (Å²) >= 11 is 0. The van der Waals surface area contributed by atoms with E-state index in [9.17, 15) is 14.9 Å². The highest BCUT2D eigenvalue weighted by atomic mass is 16.5. The molecule has 1 N–H and O–H groups in total. The first kappa shape index (κ1) is 21.2. The van der Waals surface area contributed by atoms with Gasteiger partial charge in [-0.3, -0.25) is 9.59 Å². The molecule has 0 bridgehead atoms. The summed E-state index contributed by atoms with van der Waals surface area (Å²) in [5, 5.41) is 13.0. The van der Waals surface area contributed by atoms with Crippen molar-refractivity contribution in [1.82, 2.24) is 9.88 Å². The molecule has 1 heterocycles. The van der Waals surface area contributed by atoms with E-state index < -0.39 is 5.91 Å². The maximum absolute atomic E-state index is 12.3. The van der Waals surface area contributed by atoms with Crippen LogP contribution in [0.1, 0.15) is 24.6 Å². The number of carbonyl (C=O) groups is 2. The van der Waals surface area contributed by atoms with Gasteiger partial charge in [0.05, 0.1) is 6.61 Å². The lowest BCUT2D eigenvalue weighted by Crippen LogP contribution is -2.26. The van der Waals surface area contributed by atoms with Gasteiger partial charge in [-0.25, -0.2) is 0 Å². The molecule has 0 aliphatic rings. The van der Waals surface area contributed by atoms with E-state index in [2.05, 4.69) is 5.32 Å². The number of carbonyl (C=O) groups excluding carboxylic acids is 2. The van der Waals surface area contributed by atoms with Gasteiger partial charge in [-0.1, -0.05) is 18.2 Å². The molecule has 0 saturated carbocycles. The molecule has 148 valence electrons. The highest BCUT2D eigenvalue weighted by Gasteiger charge is 2.17. The molecule has 0 aliphatic heterocycles. The minimum Gasteiger partial charge on any atom is -0.465 e. The average Bonchev–Trinajstić information content (AvgIpc) is 2.95. The van der Waals surface area contributed by atoms with E-state index in [0.29, 0.717) is 26.2 Å². The van der Waals surface area contributed by atoms with Gasteiger partial charge in [-0.15, -0.1) is 0 Å². The molecule has 7 nitrogen and oxygen atoms in total. The van der Waals surface area contributed by atoms with E-state index in [1.807, 2.05) is 41.8 Å². The van der Waals surface area contributed by atoms with E-state index in [1.54, 1.807) is 20.1 Å². The number of hydrogen-bond donors (Lipinski definition) is 1. The van der Waals surface area contributed by atoms with Crippen LogP contribution in [-0.4, -0.2) is 43.3 Å². The highest BCUT2D eigenvalue weighted by Crippen LogP contribution is 2.28. The van der Waals surface area contributed by atoms with Gasteiger partial charge in [0.25, 0.3) is 5.91 Å². The number of amides is 1. The van der Waals surface area contributed by atoms with Crippen LogP contribution in [0.3, 0.4) is 0 Å². The number of para-hydroxylation sites is 1. The van der Waals surface area contributed by atoms with Gasteiger partial charge in [-0.2, -0.15) is 5.26 Å². The molecular weight excluding hydrogens is 358 g/mol. The monoisotopic (exact) mass is 383 g/mol. The first-order chi connectivity index (χ1) is 13.5. The Morgan fingerprint density at radius 1 is 1.32 bits per heavy atom. The smallest absolute Gasteiger partial charge is 0.325 e. The number of rotatable bonds is 9. The third-order valence-electron chi connectivity index (χ3n) is 4.34. The average molecular weight is 383 g/mol. The molecule has 2 aromatic rings. The zero-order chi connectivity index (χ0) is 20.5. The van der Waals surface area contributed by atoms with Gasteiger partial charge < -0.3 is 19.4 Å². The van der Waals surface area contributed by atoms with Crippen molar-refractivity contribution in [2.75, 3.05) is 26.9 Å². The van der Waals surface area contributed by atoms with Crippen molar-refractivity contribution < 1.29 is 19.1 Å². The summed E-state index contributed by atoms with van der Waals surface area (Å²) in [6.07, 6.45) is 2.24. The molecule has 0 spiro atoms. The lowest BCUT2D eigenvalue weighted by atomic mass is 10.1. The quantitative estimate of drug-likeness (QED) is 0.311. The molecular formula is C21H25N3O4. The number of nitrogens with one attached hydrogen (secondary N) is 1. The zero-order valence-corrected chi connectivity index (χ0v) is 16.4. The van der Waals surface area contributed by atoms with Gasteiger partial charge in [0.1, 0.15) is 18.2 Å². The SMILES string of the molecule is CCOC(=O)Cn1c(C)c(/C=C(\C#N)C(=O)NCCCOC)c2ccccc21. The van der Waals surface area contributed by atoms with Crippen LogP contribution < -0.4 is 5.32 Å². The van der Waals surface area contributed by atoms with Crippen LogP contribution in [-0.2, 0) is 25.6 Å². The fourth-order valence-corrected chi connectivity index (χ4v) is 2.99. The van der Waals surface area contributed by atoms with Gasteiger partial charge in [0, 0.05) is 42.4 Å². The zero-order valence-electron chi connectivity index (χ0n) is 16.4. The van der Waals surface area contributed by atoms with Crippen LogP contribution in [0.5, 0.6) is 0 Å². The fraction of sp³-hybridized carbons (Fsp3) is 0.381. The summed E-state index contributed by atoms with van der Waals surface area (Å²) in [5.74, 6) is -0.765. The summed E-state index contributed by atoms with van der Waals surface area (Å²) in [6.45, 7) is 4.96. The Bertz CT molecular complexity index is 922. The van der Waals surface area contributed by atoms with Crippen molar-refractivity contribution in [3.63, 3.8) is 0 Å². The van der Waals surface area contributed by atoms with Crippen molar-refractivity contribution in [1.29, 1.82) is 5.26 Å². The summed E-state index contributed by atoms with van der Waals surface area (Å²) < 4.78 is 11.9. The van der Waals surface area contributed by atoms with Crippen molar-refractivity contribution in [2.24, 2.45) is 0 Å². The predicted octanol–water partition coefficient (Wildman–Crippen LogP) is 2.57. The molecule has 0 fully saturated rings. The summed E-state index contributed by atoms with van der Waals surface area (Å²) in [5.41, 5.74) is 2.38. The Hall–Kier alpha value is -3.11. The van der Waals surface area contributed by atoms with Crippen LogP contribution in [0, 0.1) is 18.3 Å². The molecule has 0 unspecified atom stereocenters. The molecule has 1 aromatic carbocycles. The largest absolute Gasteiger partial charge is 0.465 e. The second-order valence-electron chi connectivity index (χ2n) is 6.18. The Balaban J connectivity index is 2.38. The van der Waals surface area contributed by atoms with E-state index in [1.165, 1.54) is 0 Å². The number of aromatic nitrogens is 1. The second kappa shape index (κ2) is 10.3. The number of ether oxygens (including phenoxy) is 2. The van der Waals surface area contributed by atoms with Crippen LogP contribution in [0.15, 0.2) is 29.8 Å². The topological polar surface area (TPSA) is 93.4 Å². The standard InChI is InChI=1S/C21H25N3O4/c1-4-28-20(25)14-24-15(2)18(17-8-5-6-9-19(17)24)12-16(13-22)21(26)23-10-7-11-27-3/h5-6,8-9,12H,4,7,10-11,14H2,1-3H3,(H,23,26)/b16-12+. The molecule has 28 heavy (non-hydrogen) atoms. The van der Waals surface area contributed by atoms with Gasteiger partial charge >= 0.3 is 5.97 Å². The molecule has 0 saturated heterocycles. The van der Waals surface area contributed by atoms with E-state index in [4.69, 9.17) is 9.47 Å². The maximum atomic E-state index is 12.3. The summed E-state index contributed by atoms with van der Waals surface area (Å²) in [4.78, 5) is 24.3. The van der Waals surface area contributed by atoms with Crippen molar-refractivity contribution in [3.8, 4) is 6.07 Å². The minimum atomic E-state index is -0.430.